The minimum absolute atomic E-state index is 0.164. The molecule has 2 aliphatic rings. The number of imide groups is 1. The lowest BCUT2D eigenvalue weighted by Crippen LogP contribution is -2.49. The van der Waals surface area contributed by atoms with Gasteiger partial charge in [-0.3, -0.25) is 14.9 Å². The highest BCUT2D eigenvalue weighted by atomic mass is 16.6. The molecule has 144 valence electrons. The number of nitro groups is 1. The van der Waals surface area contributed by atoms with Gasteiger partial charge in [0, 0.05) is 17.4 Å². The third-order valence-electron chi connectivity index (χ3n) is 5.06. The predicted octanol–water partition coefficient (Wildman–Crippen LogP) is 1.51. The lowest BCUT2D eigenvalue weighted by Gasteiger charge is -2.33. The molecule has 10 heteroatoms. The zero-order valence-corrected chi connectivity index (χ0v) is 14.9. The number of carbonyl (C=O) groups excluding carboxylic acids is 2. The first-order valence-corrected chi connectivity index (χ1v) is 8.51. The molecule has 0 radical (unpaired) electrons. The van der Waals surface area contributed by atoms with Gasteiger partial charge in [0.1, 0.15) is 11.3 Å². The number of nitrogens with zero attached hydrogens (tertiary/aromatic N) is 3. The minimum Gasteiger partial charge on any atom is -0.865 e. The van der Waals surface area contributed by atoms with Crippen LogP contribution in [0, 0.1) is 16.0 Å². The molecule has 1 aliphatic carbocycles. The Balaban J connectivity index is 1.86. The summed E-state index contributed by atoms with van der Waals surface area (Å²) in [4.78, 5) is 35.1. The van der Waals surface area contributed by atoms with Gasteiger partial charge in [-0.2, -0.15) is 5.10 Å². The van der Waals surface area contributed by atoms with E-state index in [0.29, 0.717) is 18.8 Å². The van der Waals surface area contributed by atoms with Gasteiger partial charge in [-0.05, 0) is 37.7 Å². The molecule has 0 aromatic heterocycles. The number of hydrogen-bond acceptors (Lipinski definition) is 7. The van der Waals surface area contributed by atoms with Crippen LogP contribution in [0.5, 0.6) is 11.5 Å². The van der Waals surface area contributed by atoms with E-state index in [2.05, 4.69) is 17.3 Å². The van der Waals surface area contributed by atoms with Gasteiger partial charge < -0.3 is 15.2 Å². The summed E-state index contributed by atoms with van der Waals surface area (Å²) in [7, 11) is 1.21. The molecule has 3 amide bonds. The molecule has 0 bridgehead atoms. The maximum atomic E-state index is 12.7. The first-order valence-electron chi connectivity index (χ1n) is 8.51. The van der Waals surface area contributed by atoms with E-state index in [-0.39, 0.29) is 11.3 Å². The Morgan fingerprint density at radius 3 is 2.63 bits per heavy atom. The maximum Gasteiger partial charge on any atom is 0.346 e. The Hall–Kier alpha value is -3.17. The second kappa shape index (κ2) is 6.86. The van der Waals surface area contributed by atoms with E-state index in [1.54, 1.807) is 0 Å². The van der Waals surface area contributed by atoms with Gasteiger partial charge in [-0.25, -0.2) is 4.79 Å². The number of hydrazone groups is 1. The van der Waals surface area contributed by atoms with E-state index in [9.17, 15) is 24.8 Å². The molecule has 1 aliphatic heterocycles. The van der Waals surface area contributed by atoms with Crippen molar-refractivity contribution in [3.8, 4) is 11.5 Å². The summed E-state index contributed by atoms with van der Waals surface area (Å²) in [6.45, 7) is 2.10. The van der Waals surface area contributed by atoms with Crippen molar-refractivity contribution in [1.82, 2.24) is 10.3 Å². The SMILES string of the molecule is COc1cc(/C=N\N2C(=O)NC3(CCC(C)CC3)C2=O)cc([N+](=O)[O-])c1[O-]. The van der Waals surface area contributed by atoms with E-state index in [1.165, 1.54) is 13.2 Å². The summed E-state index contributed by atoms with van der Waals surface area (Å²) >= 11 is 0. The van der Waals surface area contributed by atoms with Crippen LogP contribution in [0.25, 0.3) is 0 Å². The van der Waals surface area contributed by atoms with Crippen LogP contribution in [0.4, 0.5) is 10.5 Å². The largest absolute Gasteiger partial charge is 0.865 e. The topological polar surface area (TPSA) is 137 Å². The molecule has 10 nitrogen and oxygen atoms in total. The van der Waals surface area contributed by atoms with Crippen LogP contribution >= 0.6 is 0 Å². The van der Waals surface area contributed by atoms with Crippen LogP contribution in [0.15, 0.2) is 17.2 Å². The third-order valence-corrected chi connectivity index (χ3v) is 5.06. The van der Waals surface area contributed by atoms with Crippen molar-refractivity contribution in [2.75, 3.05) is 7.11 Å². The summed E-state index contributed by atoms with van der Waals surface area (Å²) in [6.07, 6.45) is 3.89. The van der Waals surface area contributed by atoms with E-state index in [4.69, 9.17) is 4.74 Å². The number of hydrogen-bond donors (Lipinski definition) is 1. The highest BCUT2D eigenvalue weighted by Gasteiger charge is 2.52. The summed E-state index contributed by atoms with van der Waals surface area (Å²) in [5, 5.41) is 30.2. The number of urea groups is 1. The van der Waals surface area contributed by atoms with Crippen molar-refractivity contribution in [3.05, 3.63) is 27.8 Å². The fourth-order valence-corrected chi connectivity index (χ4v) is 3.40. The predicted molar refractivity (Wildman–Crippen MR) is 92.4 cm³/mol. The number of nitro benzene ring substituents is 1. The fourth-order valence-electron chi connectivity index (χ4n) is 3.40. The molecular formula is C17H19N4O6-. The molecule has 1 aromatic carbocycles. The Morgan fingerprint density at radius 2 is 2.04 bits per heavy atom. The normalized spacial score (nSPS) is 25.3. The molecule has 1 aromatic rings. The van der Waals surface area contributed by atoms with Gasteiger partial charge in [0.25, 0.3) is 11.6 Å². The first kappa shape index (κ1) is 18.6. The van der Waals surface area contributed by atoms with Gasteiger partial charge in [0.15, 0.2) is 0 Å². The number of benzene rings is 1. The average Bonchev–Trinajstić information content (AvgIpc) is 2.86. The number of amides is 3. The quantitative estimate of drug-likeness (QED) is 0.366. The van der Waals surface area contributed by atoms with Gasteiger partial charge in [0.2, 0.25) is 0 Å². The molecule has 0 unspecified atom stereocenters. The van der Waals surface area contributed by atoms with Crippen molar-refractivity contribution in [1.29, 1.82) is 0 Å². The molecular weight excluding hydrogens is 356 g/mol. The van der Waals surface area contributed by atoms with Crippen molar-refractivity contribution in [2.45, 2.75) is 38.1 Å². The van der Waals surface area contributed by atoms with E-state index < -0.39 is 33.8 Å². The molecule has 1 saturated heterocycles. The monoisotopic (exact) mass is 375 g/mol. The zero-order chi connectivity index (χ0) is 19.8. The second-order valence-electron chi connectivity index (χ2n) is 6.88. The Morgan fingerprint density at radius 1 is 1.37 bits per heavy atom. The Kier molecular flexibility index (Phi) is 4.73. The number of ether oxygens (including phenoxy) is 1. The maximum absolute atomic E-state index is 12.7. The van der Waals surface area contributed by atoms with E-state index >= 15 is 0 Å². The zero-order valence-electron chi connectivity index (χ0n) is 14.9. The van der Waals surface area contributed by atoms with Crippen LogP contribution in [-0.2, 0) is 4.79 Å². The first-order chi connectivity index (χ1) is 12.8. The number of nitrogens with one attached hydrogen (secondary N) is 1. The van der Waals surface area contributed by atoms with Crippen molar-refractivity contribution >= 4 is 23.8 Å². The molecule has 27 heavy (non-hydrogen) atoms. The van der Waals surface area contributed by atoms with Crippen LogP contribution in [0.3, 0.4) is 0 Å². The van der Waals surface area contributed by atoms with Crippen molar-refractivity contribution in [2.24, 2.45) is 11.0 Å². The van der Waals surface area contributed by atoms with Crippen LogP contribution in [0.2, 0.25) is 0 Å². The highest BCUT2D eigenvalue weighted by Crippen LogP contribution is 2.37. The number of carbonyl (C=O) groups is 2. The van der Waals surface area contributed by atoms with Crippen molar-refractivity contribution in [3.63, 3.8) is 0 Å². The summed E-state index contributed by atoms with van der Waals surface area (Å²) in [5.41, 5.74) is -1.44. The Labute approximate surface area is 154 Å². The average molecular weight is 375 g/mol. The fraction of sp³-hybridized carbons (Fsp3) is 0.471. The molecule has 1 N–H and O–H groups in total. The molecule has 0 atom stereocenters. The summed E-state index contributed by atoms with van der Waals surface area (Å²) in [6, 6.07) is 1.65. The molecule has 1 spiro atoms. The molecule has 1 heterocycles. The molecule has 3 rings (SSSR count). The lowest BCUT2D eigenvalue weighted by molar-refractivity contribution is -0.398. The van der Waals surface area contributed by atoms with Crippen LogP contribution in [0.1, 0.15) is 38.2 Å². The lowest BCUT2D eigenvalue weighted by atomic mass is 9.77. The molecule has 1 saturated carbocycles. The standard InChI is InChI=1S/C17H20N4O6/c1-10-3-5-17(6-4-10)15(23)20(16(24)19-17)18-9-11-7-12(21(25)26)14(22)13(8-11)27-2/h7-10,22H,3-6H2,1-2H3,(H,19,24)/p-1/b18-9-. The smallest absolute Gasteiger partial charge is 0.346 e. The van der Waals surface area contributed by atoms with Gasteiger partial charge >= 0.3 is 6.03 Å². The Bertz CT molecular complexity index is 829. The molecule has 2 fully saturated rings. The third kappa shape index (κ3) is 3.29. The second-order valence-corrected chi connectivity index (χ2v) is 6.88. The summed E-state index contributed by atoms with van der Waals surface area (Å²) in [5.74, 6) is -1.01. The van der Waals surface area contributed by atoms with Crippen LogP contribution < -0.4 is 15.2 Å². The minimum atomic E-state index is -0.927. The summed E-state index contributed by atoms with van der Waals surface area (Å²) < 4.78 is 4.85. The number of methoxy groups -OCH3 is 1. The van der Waals surface area contributed by atoms with Gasteiger partial charge in [-0.1, -0.05) is 6.92 Å². The highest BCUT2D eigenvalue weighted by molar-refractivity contribution is 6.07. The number of rotatable bonds is 4. The van der Waals surface area contributed by atoms with E-state index in [1.807, 2.05) is 0 Å². The van der Waals surface area contributed by atoms with Gasteiger partial charge in [0.05, 0.1) is 18.2 Å². The van der Waals surface area contributed by atoms with Gasteiger partial charge in [-0.15, -0.1) is 5.01 Å². The van der Waals surface area contributed by atoms with Crippen molar-refractivity contribution < 1.29 is 24.4 Å². The van der Waals surface area contributed by atoms with E-state index in [0.717, 1.165) is 30.1 Å². The van der Waals surface area contributed by atoms with Crippen LogP contribution in [-0.4, -0.2) is 40.7 Å².